The summed E-state index contributed by atoms with van der Waals surface area (Å²) in [5.74, 6) is -0.274. The van der Waals surface area contributed by atoms with Gasteiger partial charge in [0.05, 0.1) is 6.54 Å². The van der Waals surface area contributed by atoms with E-state index in [0.29, 0.717) is 23.2 Å². The first-order valence-corrected chi connectivity index (χ1v) is 6.34. The van der Waals surface area contributed by atoms with E-state index in [0.717, 1.165) is 0 Å². The van der Waals surface area contributed by atoms with Crippen molar-refractivity contribution < 1.29 is 9.18 Å². The molecule has 0 saturated carbocycles. The van der Waals surface area contributed by atoms with Gasteiger partial charge in [0.2, 0.25) is 5.91 Å². The second-order valence-electron chi connectivity index (χ2n) is 3.54. The summed E-state index contributed by atoms with van der Waals surface area (Å²) in [6.45, 7) is 5.49. The van der Waals surface area contributed by atoms with E-state index in [1.807, 2.05) is 13.8 Å². The first-order chi connectivity index (χ1) is 8.08. The third kappa shape index (κ3) is 4.00. The standard InChI is InChI=1S/C12H16BrFN2O/c1-3-16(4-2)12(17)8-15-11-6-5-9(14)7-10(11)13/h5-7,15H,3-4,8H2,1-2H3. The molecule has 1 N–H and O–H groups in total. The second-order valence-corrected chi connectivity index (χ2v) is 4.40. The van der Waals surface area contributed by atoms with Crippen molar-refractivity contribution in [3.8, 4) is 0 Å². The van der Waals surface area contributed by atoms with Crippen LogP contribution in [0.1, 0.15) is 13.8 Å². The third-order valence-corrected chi connectivity index (χ3v) is 3.13. The van der Waals surface area contributed by atoms with Crippen LogP contribution in [0.4, 0.5) is 10.1 Å². The van der Waals surface area contributed by atoms with E-state index in [2.05, 4.69) is 21.2 Å². The molecule has 0 radical (unpaired) electrons. The first kappa shape index (κ1) is 14.0. The number of amides is 1. The number of rotatable bonds is 5. The molecule has 0 unspecified atom stereocenters. The summed E-state index contributed by atoms with van der Waals surface area (Å²) >= 11 is 3.24. The van der Waals surface area contributed by atoms with E-state index >= 15 is 0 Å². The van der Waals surface area contributed by atoms with Crippen molar-refractivity contribution in [2.75, 3.05) is 25.0 Å². The van der Waals surface area contributed by atoms with Gasteiger partial charge in [-0.2, -0.15) is 0 Å². The molecule has 1 aromatic carbocycles. The van der Waals surface area contributed by atoms with Crippen molar-refractivity contribution in [2.45, 2.75) is 13.8 Å². The van der Waals surface area contributed by atoms with Crippen molar-refractivity contribution in [3.05, 3.63) is 28.5 Å². The number of nitrogens with one attached hydrogen (secondary N) is 1. The van der Waals surface area contributed by atoms with Crippen LogP contribution < -0.4 is 5.32 Å². The van der Waals surface area contributed by atoms with Gasteiger partial charge in [0.25, 0.3) is 0 Å². The Kier molecular flexibility index (Phi) is 5.41. The van der Waals surface area contributed by atoms with Gasteiger partial charge in [0.15, 0.2) is 0 Å². The second kappa shape index (κ2) is 6.59. The molecule has 0 aliphatic carbocycles. The SMILES string of the molecule is CCN(CC)C(=O)CNc1ccc(F)cc1Br. The van der Waals surface area contributed by atoms with Gasteiger partial charge in [-0.05, 0) is 48.0 Å². The Hall–Kier alpha value is -1.10. The quantitative estimate of drug-likeness (QED) is 0.907. The molecule has 0 atom stereocenters. The molecule has 0 aliphatic rings. The number of hydrogen-bond donors (Lipinski definition) is 1. The lowest BCUT2D eigenvalue weighted by Gasteiger charge is -2.19. The molecular formula is C12H16BrFN2O. The van der Waals surface area contributed by atoms with Crippen LogP contribution in [0.3, 0.4) is 0 Å². The normalized spacial score (nSPS) is 10.1. The van der Waals surface area contributed by atoms with Crippen LogP contribution >= 0.6 is 15.9 Å². The number of hydrogen-bond acceptors (Lipinski definition) is 2. The summed E-state index contributed by atoms with van der Waals surface area (Å²) in [6.07, 6.45) is 0. The molecule has 94 valence electrons. The molecular weight excluding hydrogens is 287 g/mol. The maximum absolute atomic E-state index is 12.9. The van der Waals surface area contributed by atoms with Crippen molar-refractivity contribution in [1.82, 2.24) is 4.90 Å². The molecule has 17 heavy (non-hydrogen) atoms. The smallest absolute Gasteiger partial charge is 0.241 e. The highest BCUT2D eigenvalue weighted by molar-refractivity contribution is 9.10. The van der Waals surface area contributed by atoms with Gasteiger partial charge in [-0.1, -0.05) is 0 Å². The molecule has 0 aliphatic heterocycles. The average molecular weight is 303 g/mol. The predicted molar refractivity (Wildman–Crippen MR) is 70.5 cm³/mol. The van der Waals surface area contributed by atoms with Crippen molar-refractivity contribution in [2.24, 2.45) is 0 Å². The highest BCUT2D eigenvalue weighted by Crippen LogP contribution is 2.22. The number of halogens is 2. The number of carbonyl (C=O) groups excluding carboxylic acids is 1. The minimum Gasteiger partial charge on any atom is -0.375 e. The molecule has 0 saturated heterocycles. The Labute approximate surface area is 109 Å². The van der Waals surface area contributed by atoms with Crippen LogP contribution in [0.2, 0.25) is 0 Å². The number of anilines is 1. The maximum Gasteiger partial charge on any atom is 0.241 e. The molecule has 0 fully saturated rings. The van der Waals surface area contributed by atoms with E-state index in [4.69, 9.17) is 0 Å². The third-order valence-electron chi connectivity index (χ3n) is 2.48. The lowest BCUT2D eigenvalue weighted by Crippen LogP contribution is -2.35. The summed E-state index contributed by atoms with van der Waals surface area (Å²) in [5.41, 5.74) is 0.715. The molecule has 0 heterocycles. The van der Waals surface area contributed by atoms with E-state index in [1.54, 1.807) is 11.0 Å². The van der Waals surface area contributed by atoms with E-state index in [9.17, 15) is 9.18 Å². The summed E-state index contributed by atoms with van der Waals surface area (Å²) < 4.78 is 13.5. The summed E-state index contributed by atoms with van der Waals surface area (Å²) in [7, 11) is 0. The zero-order chi connectivity index (χ0) is 12.8. The molecule has 5 heteroatoms. The van der Waals surface area contributed by atoms with Gasteiger partial charge >= 0.3 is 0 Å². The molecule has 1 aromatic rings. The number of likely N-dealkylation sites (N-methyl/N-ethyl adjacent to an activating group) is 1. The first-order valence-electron chi connectivity index (χ1n) is 5.55. The average Bonchev–Trinajstić information content (AvgIpc) is 2.29. The van der Waals surface area contributed by atoms with Gasteiger partial charge in [-0.25, -0.2) is 4.39 Å². The lowest BCUT2D eigenvalue weighted by atomic mass is 10.3. The molecule has 0 bridgehead atoms. The van der Waals surface area contributed by atoms with Crippen LogP contribution in [0.5, 0.6) is 0 Å². The predicted octanol–water partition coefficient (Wildman–Crippen LogP) is 2.87. The maximum atomic E-state index is 12.9. The van der Waals surface area contributed by atoms with Gasteiger partial charge in [-0.3, -0.25) is 4.79 Å². The highest BCUT2D eigenvalue weighted by Gasteiger charge is 2.09. The van der Waals surface area contributed by atoms with Crippen molar-refractivity contribution >= 4 is 27.5 Å². The molecule has 0 aromatic heterocycles. The molecule has 3 nitrogen and oxygen atoms in total. The van der Waals surface area contributed by atoms with E-state index < -0.39 is 0 Å². The van der Waals surface area contributed by atoms with Crippen LogP contribution in [0.15, 0.2) is 22.7 Å². The fourth-order valence-corrected chi connectivity index (χ4v) is 1.98. The Morgan fingerprint density at radius 3 is 2.59 bits per heavy atom. The monoisotopic (exact) mass is 302 g/mol. The Morgan fingerprint density at radius 2 is 2.06 bits per heavy atom. The zero-order valence-corrected chi connectivity index (χ0v) is 11.6. The molecule has 1 amide bonds. The topological polar surface area (TPSA) is 32.3 Å². The zero-order valence-electron chi connectivity index (χ0n) is 9.96. The van der Waals surface area contributed by atoms with Gasteiger partial charge in [0, 0.05) is 23.2 Å². The number of carbonyl (C=O) groups is 1. The van der Waals surface area contributed by atoms with Gasteiger partial charge in [-0.15, -0.1) is 0 Å². The van der Waals surface area contributed by atoms with Gasteiger partial charge in [0.1, 0.15) is 5.82 Å². The largest absolute Gasteiger partial charge is 0.375 e. The van der Waals surface area contributed by atoms with Crippen LogP contribution in [0.25, 0.3) is 0 Å². The Bertz CT molecular complexity index is 394. The van der Waals surface area contributed by atoms with Gasteiger partial charge < -0.3 is 10.2 Å². The highest BCUT2D eigenvalue weighted by atomic mass is 79.9. The van der Waals surface area contributed by atoms with E-state index in [-0.39, 0.29) is 18.3 Å². The van der Waals surface area contributed by atoms with Crippen LogP contribution in [-0.4, -0.2) is 30.4 Å². The lowest BCUT2D eigenvalue weighted by molar-refractivity contribution is -0.128. The van der Waals surface area contributed by atoms with Crippen LogP contribution in [0, 0.1) is 5.82 Å². The van der Waals surface area contributed by atoms with Crippen molar-refractivity contribution in [1.29, 1.82) is 0 Å². The minimum atomic E-state index is -0.308. The number of benzene rings is 1. The molecule has 1 rings (SSSR count). The number of nitrogens with zero attached hydrogens (tertiary/aromatic N) is 1. The Balaban J connectivity index is 2.58. The molecule has 0 spiro atoms. The minimum absolute atomic E-state index is 0.0335. The van der Waals surface area contributed by atoms with Crippen LogP contribution in [-0.2, 0) is 4.79 Å². The summed E-state index contributed by atoms with van der Waals surface area (Å²) in [5, 5.41) is 2.98. The fourth-order valence-electron chi connectivity index (χ4n) is 1.49. The summed E-state index contributed by atoms with van der Waals surface area (Å²) in [4.78, 5) is 13.5. The van der Waals surface area contributed by atoms with Crippen molar-refractivity contribution in [3.63, 3.8) is 0 Å². The Morgan fingerprint density at radius 1 is 1.41 bits per heavy atom. The van der Waals surface area contributed by atoms with E-state index in [1.165, 1.54) is 12.1 Å². The fraction of sp³-hybridized carbons (Fsp3) is 0.417. The summed E-state index contributed by atoms with van der Waals surface area (Å²) in [6, 6.07) is 4.33.